The Labute approximate surface area is 147 Å². The molecule has 1 saturated heterocycles. The maximum atomic E-state index is 12.6. The Bertz CT molecular complexity index is 678. The first-order valence-corrected chi connectivity index (χ1v) is 8.69. The molecule has 4 N–H and O–H groups in total. The lowest BCUT2D eigenvalue weighted by Gasteiger charge is -2.46. The minimum absolute atomic E-state index is 0.0275. The number of β-amino-alcohol motifs (C(OH)–C–C–N with tert-alkyl or cyclic N) is 1. The van der Waals surface area contributed by atoms with Gasteiger partial charge in [-0.05, 0) is 40.5 Å². The Hall–Kier alpha value is -1.93. The highest BCUT2D eigenvalue weighted by atomic mass is 16.3. The molecule has 0 aromatic carbocycles. The molecule has 0 aliphatic carbocycles. The SMILES string of the molecule is CC1(C)CC(NC(=O)c2cc3n(n2)C[C@@H](O)CNC3=O)CC(C)(C)N1. The van der Waals surface area contributed by atoms with Gasteiger partial charge in [0.05, 0.1) is 12.6 Å². The molecule has 8 heteroatoms. The maximum Gasteiger partial charge on any atom is 0.272 e. The van der Waals surface area contributed by atoms with E-state index in [1.165, 1.54) is 10.7 Å². The molecule has 0 radical (unpaired) electrons. The largest absolute Gasteiger partial charge is 0.389 e. The molecule has 1 aromatic heterocycles. The zero-order chi connectivity index (χ0) is 18.4. The number of aliphatic hydroxyl groups excluding tert-OH is 1. The minimum Gasteiger partial charge on any atom is -0.389 e. The van der Waals surface area contributed by atoms with Gasteiger partial charge in [-0.3, -0.25) is 14.3 Å². The van der Waals surface area contributed by atoms with Crippen molar-refractivity contribution < 1.29 is 14.7 Å². The lowest BCUT2D eigenvalue weighted by atomic mass is 9.79. The fraction of sp³-hybridized carbons (Fsp3) is 0.706. The van der Waals surface area contributed by atoms with E-state index in [-0.39, 0.29) is 47.7 Å². The van der Waals surface area contributed by atoms with E-state index in [2.05, 4.69) is 48.7 Å². The van der Waals surface area contributed by atoms with Crippen LogP contribution in [0.5, 0.6) is 0 Å². The van der Waals surface area contributed by atoms with Crippen molar-refractivity contribution in [1.82, 2.24) is 25.7 Å². The minimum atomic E-state index is -0.716. The molecule has 0 spiro atoms. The molecule has 0 saturated carbocycles. The number of nitrogens with one attached hydrogen (secondary N) is 3. The Balaban J connectivity index is 1.75. The Morgan fingerprint density at radius 2 is 1.96 bits per heavy atom. The third-order valence-electron chi connectivity index (χ3n) is 4.65. The second-order valence-electron chi connectivity index (χ2n) is 8.43. The van der Waals surface area contributed by atoms with Gasteiger partial charge in [0, 0.05) is 29.7 Å². The van der Waals surface area contributed by atoms with E-state index in [0.29, 0.717) is 5.69 Å². The predicted octanol–water partition coefficient (Wildman–Crippen LogP) is 0.0264. The molecule has 2 amide bonds. The number of rotatable bonds is 2. The number of fused-ring (bicyclic) bond motifs is 1. The van der Waals surface area contributed by atoms with Crippen molar-refractivity contribution in [3.05, 3.63) is 17.5 Å². The summed E-state index contributed by atoms with van der Waals surface area (Å²) in [5.74, 6) is -0.617. The number of nitrogens with zero attached hydrogens (tertiary/aromatic N) is 2. The van der Waals surface area contributed by atoms with Gasteiger partial charge in [0.1, 0.15) is 5.69 Å². The molecule has 25 heavy (non-hydrogen) atoms. The van der Waals surface area contributed by atoms with E-state index in [1.807, 2.05) is 0 Å². The highest BCUT2D eigenvalue weighted by molar-refractivity contribution is 5.98. The highest BCUT2D eigenvalue weighted by Gasteiger charge is 2.38. The van der Waals surface area contributed by atoms with Crippen LogP contribution in [-0.2, 0) is 6.54 Å². The highest BCUT2D eigenvalue weighted by Crippen LogP contribution is 2.28. The fourth-order valence-corrected chi connectivity index (χ4v) is 4.10. The molecule has 0 unspecified atom stereocenters. The standard InChI is InChI=1S/C17H27N5O3/c1-16(2)6-10(7-17(3,4)21-16)19-14(24)12-5-13-15(25)18-8-11(23)9-22(13)20-12/h5,10-11,21,23H,6-9H2,1-4H3,(H,18,25)(H,19,24)/t11-/m0/s1. The average molecular weight is 349 g/mol. The summed E-state index contributed by atoms with van der Waals surface area (Å²) in [5.41, 5.74) is 0.352. The van der Waals surface area contributed by atoms with Gasteiger partial charge in [-0.2, -0.15) is 5.10 Å². The number of hydrogen-bond donors (Lipinski definition) is 4. The van der Waals surface area contributed by atoms with Crippen LogP contribution in [0.25, 0.3) is 0 Å². The molecule has 3 heterocycles. The summed E-state index contributed by atoms with van der Waals surface area (Å²) in [6.45, 7) is 8.86. The Kier molecular flexibility index (Phi) is 4.36. The van der Waals surface area contributed by atoms with Gasteiger partial charge in [0.15, 0.2) is 5.69 Å². The van der Waals surface area contributed by atoms with Gasteiger partial charge in [-0.25, -0.2) is 0 Å². The third kappa shape index (κ3) is 4.01. The van der Waals surface area contributed by atoms with E-state index in [1.54, 1.807) is 0 Å². The Morgan fingerprint density at radius 1 is 1.32 bits per heavy atom. The van der Waals surface area contributed by atoms with Crippen molar-refractivity contribution in [3.8, 4) is 0 Å². The van der Waals surface area contributed by atoms with Crippen molar-refractivity contribution in [1.29, 1.82) is 0 Å². The lowest BCUT2D eigenvalue weighted by Crippen LogP contribution is -2.62. The first kappa shape index (κ1) is 17.9. The number of hydrogen-bond acceptors (Lipinski definition) is 5. The molecule has 3 rings (SSSR count). The first-order valence-electron chi connectivity index (χ1n) is 8.69. The first-order chi connectivity index (χ1) is 11.5. The van der Waals surface area contributed by atoms with Crippen molar-refractivity contribution in [2.45, 2.75) is 70.3 Å². The van der Waals surface area contributed by atoms with Crippen LogP contribution in [0, 0.1) is 0 Å². The van der Waals surface area contributed by atoms with Crippen LogP contribution >= 0.6 is 0 Å². The van der Waals surface area contributed by atoms with E-state index in [0.717, 1.165) is 12.8 Å². The normalized spacial score (nSPS) is 25.6. The van der Waals surface area contributed by atoms with Gasteiger partial charge in [-0.1, -0.05) is 0 Å². The van der Waals surface area contributed by atoms with Crippen molar-refractivity contribution >= 4 is 11.8 Å². The summed E-state index contributed by atoms with van der Waals surface area (Å²) in [7, 11) is 0. The summed E-state index contributed by atoms with van der Waals surface area (Å²) in [5, 5.41) is 23.3. The smallest absolute Gasteiger partial charge is 0.272 e. The second-order valence-corrected chi connectivity index (χ2v) is 8.43. The molecular formula is C17H27N5O3. The zero-order valence-corrected chi connectivity index (χ0v) is 15.2. The molecular weight excluding hydrogens is 322 g/mol. The fourth-order valence-electron chi connectivity index (χ4n) is 4.10. The molecule has 1 fully saturated rings. The summed E-state index contributed by atoms with van der Waals surface area (Å²) < 4.78 is 1.40. The topological polar surface area (TPSA) is 108 Å². The van der Waals surface area contributed by atoms with Crippen LogP contribution < -0.4 is 16.0 Å². The summed E-state index contributed by atoms with van der Waals surface area (Å²) in [6, 6.07) is 1.51. The second kappa shape index (κ2) is 6.10. The van der Waals surface area contributed by atoms with Gasteiger partial charge in [0.2, 0.25) is 0 Å². The molecule has 1 aromatic rings. The number of aromatic nitrogens is 2. The van der Waals surface area contributed by atoms with E-state index in [4.69, 9.17) is 0 Å². The van der Waals surface area contributed by atoms with Gasteiger partial charge >= 0.3 is 0 Å². The zero-order valence-electron chi connectivity index (χ0n) is 15.2. The number of aliphatic hydroxyl groups is 1. The molecule has 138 valence electrons. The van der Waals surface area contributed by atoms with Crippen molar-refractivity contribution in [2.24, 2.45) is 0 Å². The van der Waals surface area contributed by atoms with Crippen LogP contribution in [0.2, 0.25) is 0 Å². The summed E-state index contributed by atoms with van der Waals surface area (Å²) in [6.07, 6.45) is 0.913. The van der Waals surface area contributed by atoms with Crippen LogP contribution in [0.4, 0.5) is 0 Å². The van der Waals surface area contributed by atoms with Gasteiger partial charge in [-0.15, -0.1) is 0 Å². The monoisotopic (exact) mass is 349 g/mol. The van der Waals surface area contributed by atoms with Gasteiger partial charge < -0.3 is 21.1 Å². The quantitative estimate of drug-likeness (QED) is 0.602. The van der Waals surface area contributed by atoms with Crippen molar-refractivity contribution in [2.75, 3.05) is 6.54 Å². The van der Waals surface area contributed by atoms with E-state index in [9.17, 15) is 14.7 Å². The molecule has 2 aliphatic rings. The molecule has 1 atom stereocenters. The lowest BCUT2D eigenvalue weighted by molar-refractivity contribution is 0.0865. The average Bonchev–Trinajstić information content (AvgIpc) is 2.80. The number of carbonyl (C=O) groups excluding carboxylic acids is 2. The molecule has 2 aliphatic heterocycles. The molecule has 8 nitrogen and oxygen atoms in total. The van der Waals surface area contributed by atoms with Crippen LogP contribution in [0.15, 0.2) is 6.07 Å². The number of carbonyl (C=O) groups is 2. The third-order valence-corrected chi connectivity index (χ3v) is 4.65. The Morgan fingerprint density at radius 3 is 2.60 bits per heavy atom. The van der Waals surface area contributed by atoms with Crippen LogP contribution in [-0.4, -0.2) is 56.5 Å². The van der Waals surface area contributed by atoms with Crippen LogP contribution in [0.3, 0.4) is 0 Å². The van der Waals surface area contributed by atoms with E-state index < -0.39 is 6.10 Å². The summed E-state index contributed by atoms with van der Waals surface area (Å²) >= 11 is 0. The van der Waals surface area contributed by atoms with Gasteiger partial charge in [0.25, 0.3) is 11.8 Å². The summed E-state index contributed by atoms with van der Waals surface area (Å²) in [4.78, 5) is 24.6. The van der Waals surface area contributed by atoms with E-state index >= 15 is 0 Å². The number of piperidine rings is 1. The van der Waals surface area contributed by atoms with Crippen molar-refractivity contribution in [3.63, 3.8) is 0 Å². The maximum absolute atomic E-state index is 12.6. The molecule has 0 bridgehead atoms. The number of amides is 2. The predicted molar refractivity (Wildman–Crippen MR) is 92.3 cm³/mol. The van der Waals surface area contributed by atoms with Crippen LogP contribution in [0.1, 0.15) is 61.5 Å².